The van der Waals surface area contributed by atoms with E-state index in [1.807, 2.05) is 0 Å². The van der Waals surface area contributed by atoms with Gasteiger partial charge < -0.3 is 9.15 Å². The highest BCUT2D eigenvalue weighted by Crippen LogP contribution is 2.29. The number of carbonyl (C=O) groups excluding carboxylic acids is 3. The van der Waals surface area contributed by atoms with Crippen molar-refractivity contribution in [1.82, 2.24) is 5.43 Å². The van der Waals surface area contributed by atoms with Crippen molar-refractivity contribution >= 4 is 52.7 Å². The molecular weight excluding hydrogens is 443 g/mol. The van der Waals surface area contributed by atoms with Gasteiger partial charge in [0.2, 0.25) is 0 Å². The summed E-state index contributed by atoms with van der Waals surface area (Å²) in [6, 6.07) is 14.5. The van der Waals surface area contributed by atoms with Gasteiger partial charge in [0.15, 0.2) is 0 Å². The Morgan fingerprint density at radius 2 is 1.81 bits per heavy atom. The number of benzene rings is 2. The van der Waals surface area contributed by atoms with E-state index in [1.165, 1.54) is 13.2 Å². The SMILES string of the molecule is COC(=O)c1cc(-c2ccc(/C=C3/C(=O)NN(c4ccc(Cl)cc4)C3=O)o2)ccc1Cl. The first-order chi connectivity index (χ1) is 14.9. The lowest BCUT2D eigenvalue weighted by Gasteiger charge is -2.14. The molecule has 2 amide bonds. The van der Waals surface area contributed by atoms with Crippen LogP contribution >= 0.6 is 23.2 Å². The molecule has 4 rings (SSSR count). The minimum Gasteiger partial charge on any atom is -0.465 e. The molecule has 2 aromatic carbocycles. The highest BCUT2D eigenvalue weighted by Gasteiger charge is 2.34. The third kappa shape index (κ3) is 4.05. The van der Waals surface area contributed by atoms with E-state index < -0.39 is 17.8 Å². The van der Waals surface area contributed by atoms with Crippen LogP contribution in [0.25, 0.3) is 17.4 Å². The number of carbonyl (C=O) groups is 3. The van der Waals surface area contributed by atoms with Crippen molar-refractivity contribution in [2.45, 2.75) is 0 Å². The lowest BCUT2D eigenvalue weighted by molar-refractivity contribution is -0.117. The van der Waals surface area contributed by atoms with Crippen LogP contribution in [0.1, 0.15) is 16.1 Å². The number of esters is 1. The van der Waals surface area contributed by atoms with Crippen molar-refractivity contribution in [3.8, 4) is 11.3 Å². The average molecular weight is 457 g/mol. The highest BCUT2D eigenvalue weighted by molar-refractivity contribution is 6.34. The molecule has 0 radical (unpaired) electrons. The lowest BCUT2D eigenvalue weighted by atomic mass is 10.1. The summed E-state index contributed by atoms with van der Waals surface area (Å²) in [6.07, 6.45) is 1.36. The van der Waals surface area contributed by atoms with E-state index in [9.17, 15) is 14.4 Å². The van der Waals surface area contributed by atoms with Gasteiger partial charge in [0.25, 0.3) is 11.8 Å². The molecule has 3 aromatic rings. The zero-order chi connectivity index (χ0) is 22.1. The molecule has 1 N–H and O–H groups in total. The zero-order valence-electron chi connectivity index (χ0n) is 16.0. The third-order valence-electron chi connectivity index (χ3n) is 4.55. The fraction of sp³-hybridized carbons (Fsp3) is 0.0455. The van der Waals surface area contributed by atoms with Gasteiger partial charge in [-0.15, -0.1) is 0 Å². The number of halogens is 2. The van der Waals surface area contributed by atoms with Gasteiger partial charge in [-0.1, -0.05) is 23.2 Å². The van der Waals surface area contributed by atoms with Crippen LogP contribution in [-0.2, 0) is 14.3 Å². The Morgan fingerprint density at radius 1 is 1.06 bits per heavy atom. The summed E-state index contributed by atoms with van der Waals surface area (Å²) in [5.74, 6) is -0.937. The van der Waals surface area contributed by atoms with Crippen LogP contribution in [0.5, 0.6) is 0 Å². The number of hydrogen-bond acceptors (Lipinski definition) is 5. The van der Waals surface area contributed by atoms with Crippen LogP contribution < -0.4 is 10.4 Å². The van der Waals surface area contributed by atoms with Gasteiger partial charge >= 0.3 is 5.97 Å². The molecule has 0 aliphatic carbocycles. The third-order valence-corrected chi connectivity index (χ3v) is 5.13. The normalized spacial score (nSPS) is 14.8. The maximum Gasteiger partial charge on any atom is 0.339 e. The first kappa shape index (κ1) is 20.7. The first-order valence-electron chi connectivity index (χ1n) is 8.98. The van der Waals surface area contributed by atoms with Gasteiger partial charge in [-0.2, -0.15) is 0 Å². The molecule has 1 aromatic heterocycles. The number of anilines is 1. The van der Waals surface area contributed by atoms with Crippen molar-refractivity contribution in [3.05, 3.63) is 81.5 Å². The van der Waals surface area contributed by atoms with Gasteiger partial charge in [-0.25, -0.2) is 9.80 Å². The fourth-order valence-electron chi connectivity index (χ4n) is 3.00. The predicted molar refractivity (Wildman–Crippen MR) is 116 cm³/mol. The largest absolute Gasteiger partial charge is 0.465 e. The number of amides is 2. The topological polar surface area (TPSA) is 88.9 Å². The number of methoxy groups -OCH3 is 1. The van der Waals surface area contributed by atoms with E-state index in [1.54, 1.807) is 54.6 Å². The van der Waals surface area contributed by atoms with E-state index in [2.05, 4.69) is 5.43 Å². The predicted octanol–water partition coefficient (Wildman–Crippen LogP) is 4.50. The van der Waals surface area contributed by atoms with Gasteiger partial charge in [0, 0.05) is 10.6 Å². The number of hydrogen-bond donors (Lipinski definition) is 1. The monoisotopic (exact) mass is 456 g/mol. The second-order valence-electron chi connectivity index (χ2n) is 6.50. The summed E-state index contributed by atoms with van der Waals surface area (Å²) in [5.41, 5.74) is 3.68. The van der Waals surface area contributed by atoms with Crippen LogP contribution in [0.2, 0.25) is 10.0 Å². The molecule has 156 valence electrons. The van der Waals surface area contributed by atoms with Gasteiger partial charge in [0.05, 0.1) is 23.4 Å². The van der Waals surface area contributed by atoms with Crippen molar-refractivity contribution in [2.75, 3.05) is 12.1 Å². The molecular formula is C22H14Cl2N2O5. The van der Waals surface area contributed by atoms with Crippen LogP contribution in [0.15, 0.2) is 64.6 Å². The molecule has 2 heterocycles. The van der Waals surface area contributed by atoms with Gasteiger partial charge in [0.1, 0.15) is 17.1 Å². The molecule has 31 heavy (non-hydrogen) atoms. The Labute approximate surface area is 186 Å². The standard InChI is InChI=1S/C22H14Cl2N2O5/c1-30-22(29)16-10-12(2-8-18(16)24)19-9-7-15(31-19)11-17-20(27)25-26(21(17)28)14-5-3-13(23)4-6-14/h2-11H,1H3,(H,25,27)/b17-11-. The Bertz CT molecular complexity index is 1230. The second kappa shape index (κ2) is 8.29. The molecule has 1 fully saturated rings. The minimum absolute atomic E-state index is 0.0813. The van der Waals surface area contributed by atoms with Crippen molar-refractivity contribution in [3.63, 3.8) is 0 Å². The number of nitrogens with zero attached hydrogens (tertiary/aromatic N) is 1. The van der Waals surface area contributed by atoms with Crippen molar-refractivity contribution in [1.29, 1.82) is 0 Å². The maximum absolute atomic E-state index is 12.7. The average Bonchev–Trinajstić information content (AvgIpc) is 3.34. The Morgan fingerprint density at radius 3 is 2.52 bits per heavy atom. The van der Waals surface area contributed by atoms with E-state index >= 15 is 0 Å². The van der Waals surface area contributed by atoms with Crippen LogP contribution in [-0.4, -0.2) is 24.9 Å². The maximum atomic E-state index is 12.7. The van der Waals surface area contributed by atoms with Crippen LogP contribution in [0.3, 0.4) is 0 Å². The summed E-state index contributed by atoms with van der Waals surface area (Å²) in [6.45, 7) is 0. The fourth-order valence-corrected chi connectivity index (χ4v) is 3.32. The molecule has 0 saturated carbocycles. The number of rotatable bonds is 4. The van der Waals surface area contributed by atoms with Crippen molar-refractivity contribution in [2.24, 2.45) is 0 Å². The molecule has 1 saturated heterocycles. The molecule has 7 nitrogen and oxygen atoms in total. The molecule has 0 atom stereocenters. The lowest BCUT2D eigenvalue weighted by Crippen LogP contribution is -2.35. The van der Waals surface area contributed by atoms with Gasteiger partial charge in [-0.05, 0) is 60.7 Å². The summed E-state index contributed by atoms with van der Waals surface area (Å²) < 4.78 is 10.5. The molecule has 9 heteroatoms. The highest BCUT2D eigenvalue weighted by atomic mass is 35.5. The number of furan rings is 1. The van der Waals surface area contributed by atoms with E-state index in [0.29, 0.717) is 27.8 Å². The Balaban J connectivity index is 1.61. The molecule has 0 spiro atoms. The van der Waals surface area contributed by atoms with Crippen molar-refractivity contribution < 1.29 is 23.5 Å². The number of ether oxygens (including phenoxy) is 1. The first-order valence-corrected chi connectivity index (χ1v) is 9.74. The zero-order valence-corrected chi connectivity index (χ0v) is 17.5. The van der Waals surface area contributed by atoms with E-state index in [0.717, 1.165) is 5.01 Å². The number of hydrazine groups is 1. The molecule has 0 unspecified atom stereocenters. The van der Waals surface area contributed by atoms with E-state index in [-0.39, 0.29) is 16.2 Å². The molecule has 1 aliphatic rings. The Hall–Kier alpha value is -3.55. The molecule has 1 aliphatic heterocycles. The Kier molecular flexibility index (Phi) is 5.54. The summed E-state index contributed by atoms with van der Waals surface area (Å²) in [5, 5.41) is 1.90. The number of nitrogens with one attached hydrogen (secondary N) is 1. The summed E-state index contributed by atoms with van der Waals surface area (Å²) in [7, 11) is 1.26. The smallest absolute Gasteiger partial charge is 0.339 e. The minimum atomic E-state index is -0.573. The van der Waals surface area contributed by atoms with Gasteiger partial charge in [-0.3, -0.25) is 15.0 Å². The van der Waals surface area contributed by atoms with Crippen LogP contribution in [0, 0.1) is 0 Å². The summed E-state index contributed by atoms with van der Waals surface area (Å²) in [4.78, 5) is 36.9. The van der Waals surface area contributed by atoms with Crippen LogP contribution in [0.4, 0.5) is 5.69 Å². The molecule has 0 bridgehead atoms. The van der Waals surface area contributed by atoms with E-state index in [4.69, 9.17) is 32.4 Å². The summed E-state index contributed by atoms with van der Waals surface area (Å²) >= 11 is 11.9. The quantitative estimate of drug-likeness (QED) is 0.354. The second-order valence-corrected chi connectivity index (χ2v) is 7.35.